The molecule has 1 aromatic rings. The van der Waals surface area contributed by atoms with Crippen LogP contribution in [0.2, 0.25) is 0 Å². The minimum absolute atomic E-state index is 0.0526. The highest BCUT2D eigenvalue weighted by Crippen LogP contribution is 2.31. The second-order valence-corrected chi connectivity index (χ2v) is 15.9. The van der Waals surface area contributed by atoms with E-state index in [2.05, 4.69) is 31.3 Å². The van der Waals surface area contributed by atoms with Crippen molar-refractivity contribution < 1.29 is 77.7 Å². The Balaban J connectivity index is 0.00000694. The van der Waals surface area contributed by atoms with Gasteiger partial charge in [0.25, 0.3) is 18.1 Å². The molecule has 356 valence electrons. The van der Waals surface area contributed by atoms with Crippen LogP contribution < -0.4 is 31.3 Å². The molecular weight excluding hydrogens is 844 g/mol. The van der Waals surface area contributed by atoms with Gasteiger partial charge in [-0.1, -0.05) is 19.9 Å². The Labute approximate surface area is 371 Å². The van der Waals surface area contributed by atoms with Gasteiger partial charge in [0.1, 0.15) is 30.5 Å². The maximum Gasteiger partial charge on any atom is 0.506 e. The maximum absolute atomic E-state index is 13.6. The van der Waals surface area contributed by atoms with Crippen LogP contribution in [0.5, 0.6) is 5.75 Å². The second-order valence-electron chi connectivity index (χ2n) is 15.9. The van der Waals surface area contributed by atoms with Crippen LogP contribution >= 0.6 is 0 Å². The van der Waals surface area contributed by atoms with Crippen LogP contribution in [-0.4, -0.2) is 142 Å². The number of carbonyl (C=O) groups is 8. The van der Waals surface area contributed by atoms with Crippen LogP contribution in [0, 0.1) is 5.41 Å². The van der Waals surface area contributed by atoms with Gasteiger partial charge >= 0.3 is 12.1 Å². The molecular formula is C42H62N6O16. The van der Waals surface area contributed by atoms with Crippen molar-refractivity contribution in [3.05, 3.63) is 47.7 Å². The monoisotopic (exact) mass is 906 g/mol. The van der Waals surface area contributed by atoms with Gasteiger partial charge in [0.05, 0.1) is 23.3 Å². The van der Waals surface area contributed by atoms with Crippen molar-refractivity contribution >= 4 is 53.3 Å². The average molecular weight is 907 g/mol. The molecule has 2 heterocycles. The standard InChI is InChI=1S/C40H56N6O16.C2H6/c1-39(2,3)60-21-40(4,5)37(56)43-15-8-7-9-23(45-34(53)25(19-41-6)46-30(49)12-13-31(46)50)33(52)42-16-14-29(48)44-24-17-22(20-59-38(57)58)10-11-27(24)61-36-32(51)26(47)18-28(62-36)35(54)55;1-2/h10-13,17-18,23,25-26,32,36,41,47,51H,7-9,14-16,19-21H2,1-6H3,(H,42,52)(H,43,56)(H,44,48)(H,45,53)(H,54,55)(H,57,58);1-2H3/t23-,25?,26?,32+,36?;/m0./s1. The summed E-state index contributed by atoms with van der Waals surface area (Å²) in [5, 5.41) is 52.2. The quantitative estimate of drug-likeness (QED) is 0.0419. The van der Waals surface area contributed by atoms with Gasteiger partial charge in [-0.2, -0.15) is 0 Å². The van der Waals surface area contributed by atoms with Crippen LogP contribution in [0.1, 0.15) is 79.7 Å². The number of nitrogens with zero attached hydrogens (tertiary/aromatic N) is 1. The molecule has 22 nitrogen and oxygen atoms in total. The van der Waals surface area contributed by atoms with Gasteiger partial charge < -0.3 is 66.0 Å². The number of carboxylic acids is 1. The highest BCUT2D eigenvalue weighted by Gasteiger charge is 2.38. The summed E-state index contributed by atoms with van der Waals surface area (Å²) in [6.07, 6.45) is -3.57. The van der Waals surface area contributed by atoms with Crippen molar-refractivity contribution in [3.8, 4) is 5.75 Å². The normalized spacial score (nSPS) is 18.0. The Morgan fingerprint density at radius 1 is 0.906 bits per heavy atom. The third kappa shape index (κ3) is 17.2. The molecule has 0 aliphatic carbocycles. The van der Waals surface area contributed by atoms with Gasteiger partial charge in [0.15, 0.2) is 6.10 Å². The SMILES string of the molecule is CC.CNCC(C(=O)N[C@@H](CCCCNC(=O)C(C)(C)COC(C)(C)C)C(=O)NCCC(=O)Nc1cc(COC(=O)O)ccc1OC1OC(C(=O)O)=CC(O)[C@H]1O)N1C(=O)C=CC1=O. The number of imide groups is 1. The Morgan fingerprint density at radius 2 is 1.56 bits per heavy atom. The van der Waals surface area contributed by atoms with Crippen molar-refractivity contribution in [1.82, 2.24) is 26.2 Å². The molecule has 64 heavy (non-hydrogen) atoms. The number of nitrogens with one attached hydrogen (secondary N) is 5. The van der Waals surface area contributed by atoms with E-state index in [1.54, 1.807) is 13.8 Å². The number of carbonyl (C=O) groups excluding carboxylic acids is 6. The first-order chi connectivity index (χ1) is 30.0. The molecule has 0 saturated heterocycles. The van der Waals surface area contributed by atoms with Gasteiger partial charge in [-0.3, -0.25) is 33.7 Å². The van der Waals surface area contributed by atoms with E-state index in [1.807, 2.05) is 34.6 Å². The largest absolute Gasteiger partial charge is 0.506 e. The predicted molar refractivity (Wildman–Crippen MR) is 227 cm³/mol. The molecule has 3 unspecified atom stereocenters. The third-order valence-electron chi connectivity index (χ3n) is 9.15. The number of amides is 6. The molecule has 2 aliphatic rings. The molecule has 22 heteroatoms. The van der Waals surface area contributed by atoms with Crippen molar-refractivity contribution in [2.45, 2.75) is 117 Å². The van der Waals surface area contributed by atoms with E-state index >= 15 is 0 Å². The molecule has 0 fully saturated rings. The zero-order chi connectivity index (χ0) is 48.4. The molecule has 2 aliphatic heterocycles. The summed E-state index contributed by atoms with van der Waals surface area (Å²) in [6.45, 7) is 12.7. The maximum atomic E-state index is 13.6. The number of aliphatic carboxylic acids is 1. The Bertz CT molecular complexity index is 1880. The molecule has 0 radical (unpaired) electrons. The lowest BCUT2D eigenvalue weighted by molar-refractivity contribution is -0.172. The minimum atomic E-state index is -1.76. The van der Waals surface area contributed by atoms with Gasteiger partial charge in [0, 0.05) is 38.2 Å². The molecule has 1 aromatic carbocycles. The first kappa shape index (κ1) is 54.0. The average Bonchev–Trinajstić information content (AvgIpc) is 3.56. The number of hydrogen-bond acceptors (Lipinski definition) is 15. The first-order valence-corrected chi connectivity index (χ1v) is 20.7. The highest BCUT2D eigenvalue weighted by molar-refractivity contribution is 6.15. The number of hydrogen-bond donors (Lipinski definition) is 9. The van der Waals surface area contributed by atoms with E-state index in [-0.39, 0.29) is 62.0 Å². The zero-order valence-corrected chi connectivity index (χ0v) is 37.3. The Morgan fingerprint density at radius 3 is 2.16 bits per heavy atom. The third-order valence-corrected chi connectivity index (χ3v) is 9.15. The number of carboxylic acid groups (broad SMARTS) is 2. The summed E-state index contributed by atoms with van der Waals surface area (Å²) in [5.41, 5.74) is -1.15. The Kier molecular flexibility index (Phi) is 21.3. The van der Waals surface area contributed by atoms with E-state index < -0.39 is 95.6 Å². The summed E-state index contributed by atoms with van der Waals surface area (Å²) in [7, 11) is 1.51. The second kappa shape index (κ2) is 25.3. The van der Waals surface area contributed by atoms with E-state index in [9.17, 15) is 53.7 Å². The molecule has 0 bridgehead atoms. The number of likely N-dealkylation sites (N-methyl/N-ethyl adjacent to an activating group) is 1. The number of anilines is 1. The van der Waals surface area contributed by atoms with Gasteiger partial charge in [-0.15, -0.1) is 0 Å². The lowest BCUT2D eigenvalue weighted by Gasteiger charge is -2.31. The number of benzene rings is 1. The smallest absolute Gasteiger partial charge is 0.475 e. The van der Waals surface area contributed by atoms with E-state index in [4.69, 9.17) is 19.3 Å². The predicted octanol–water partition coefficient (Wildman–Crippen LogP) is 0.903. The van der Waals surface area contributed by atoms with Gasteiger partial charge in [-0.05, 0) is 84.7 Å². The molecule has 0 aromatic heterocycles. The van der Waals surface area contributed by atoms with Crippen LogP contribution in [-0.2, 0) is 54.4 Å². The number of rotatable bonds is 23. The summed E-state index contributed by atoms with van der Waals surface area (Å²) in [4.78, 5) is 101. The van der Waals surface area contributed by atoms with E-state index in [0.717, 1.165) is 23.1 Å². The van der Waals surface area contributed by atoms with Crippen LogP contribution in [0.3, 0.4) is 0 Å². The molecule has 9 N–H and O–H groups in total. The fourth-order valence-electron chi connectivity index (χ4n) is 5.76. The fourth-order valence-corrected chi connectivity index (χ4v) is 5.76. The molecule has 3 rings (SSSR count). The van der Waals surface area contributed by atoms with Crippen molar-refractivity contribution in [1.29, 1.82) is 0 Å². The lowest BCUT2D eigenvalue weighted by atomic mass is 9.93. The van der Waals surface area contributed by atoms with E-state index in [1.165, 1.54) is 25.2 Å². The molecule has 0 spiro atoms. The summed E-state index contributed by atoms with van der Waals surface area (Å²) in [6, 6.07) is 1.35. The zero-order valence-electron chi connectivity index (χ0n) is 37.3. The van der Waals surface area contributed by atoms with Crippen molar-refractivity contribution in [2.24, 2.45) is 5.41 Å². The van der Waals surface area contributed by atoms with E-state index in [0.29, 0.717) is 12.8 Å². The van der Waals surface area contributed by atoms with Crippen molar-refractivity contribution in [2.75, 3.05) is 38.6 Å². The highest BCUT2D eigenvalue weighted by atomic mass is 16.7. The summed E-state index contributed by atoms with van der Waals surface area (Å²) < 4.78 is 21.2. The van der Waals surface area contributed by atoms with Gasteiger partial charge in [0.2, 0.25) is 29.4 Å². The molecule has 6 amide bonds. The van der Waals surface area contributed by atoms with Crippen LogP contribution in [0.4, 0.5) is 10.5 Å². The summed E-state index contributed by atoms with van der Waals surface area (Å²) >= 11 is 0. The number of aliphatic hydroxyl groups excluding tert-OH is 2. The lowest BCUT2D eigenvalue weighted by Crippen LogP contribution is -2.57. The first-order valence-electron chi connectivity index (χ1n) is 20.7. The molecule has 0 saturated carbocycles. The summed E-state index contributed by atoms with van der Waals surface area (Å²) in [5.74, 6) is -6.35. The van der Waals surface area contributed by atoms with Crippen LogP contribution in [0.25, 0.3) is 0 Å². The number of aliphatic hydroxyl groups is 2. The van der Waals surface area contributed by atoms with Crippen molar-refractivity contribution in [3.63, 3.8) is 0 Å². The van der Waals surface area contributed by atoms with Crippen LogP contribution in [0.15, 0.2) is 42.2 Å². The number of unbranched alkanes of at least 4 members (excludes halogenated alkanes) is 1. The fraction of sp³-hybridized carbons (Fsp3) is 0.571. The minimum Gasteiger partial charge on any atom is -0.475 e. The molecule has 5 atom stereocenters. The Hall–Kier alpha value is -6.10. The van der Waals surface area contributed by atoms with Gasteiger partial charge in [-0.25, -0.2) is 9.59 Å². The topological polar surface area (TPSA) is 318 Å². The number of ether oxygens (including phenoxy) is 4.